The molecule has 2 atom stereocenters. The molecule has 0 aliphatic carbocycles. The molecule has 0 saturated carbocycles. The molecule has 0 spiro atoms. The van der Waals surface area contributed by atoms with Gasteiger partial charge in [0, 0.05) is 22.8 Å². The van der Waals surface area contributed by atoms with Gasteiger partial charge in [-0.2, -0.15) is 0 Å². The monoisotopic (exact) mass is 466 g/mol. The molecule has 3 rings (SSSR count). The van der Waals surface area contributed by atoms with Crippen LogP contribution in [0.4, 0.5) is 5.69 Å². The number of esters is 2. The van der Waals surface area contributed by atoms with Crippen LogP contribution in [0.5, 0.6) is 0 Å². The Balaban J connectivity index is 2.02. The molecule has 1 aromatic carbocycles. The second kappa shape index (κ2) is 10.1. The topological polar surface area (TPSA) is 94.9 Å². The second-order valence-electron chi connectivity index (χ2n) is 8.29. The summed E-state index contributed by atoms with van der Waals surface area (Å²) < 4.78 is 11.6. The molecule has 1 aliphatic rings. The maximum atomic E-state index is 13.2. The van der Waals surface area contributed by atoms with Crippen molar-refractivity contribution in [3.8, 4) is 5.69 Å². The number of nitrogens with zero attached hydrogens (tertiary/aromatic N) is 2. The fraction of sp³-hybridized carbons (Fsp3) is 0.385. The minimum Gasteiger partial charge on any atom is -0.465 e. The van der Waals surface area contributed by atoms with Crippen LogP contribution < -0.4 is 10.5 Å². The third-order valence-electron chi connectivity index (χ3n) is 5.84. The molecule has 2 heterocycles. The molecular weight excluding hydrogens is 436 g/mol. The van der Waals surface area contributed by atoms with Crippen molar-refractivity contribution in [3.05, 3.63) is 69.3 Å². The van der Waals surface area contributed by atoms with E-state index in [1.54, 1.807) is 58.0 Å². The average Bonchev–Trinajstić information content (AvgIpc) is 2.74. The molecule has 8 heteroatoms. The van der Waals surface area contributed by atoms with Gasteiger partial charge in [-0.05, 0) is 76.4 Å². The van der Waals surface area contributed by atoms with Gasteiger partial charge in [0.25, 0.3) is 5.56 Å². The number of benzene rings is 1. The Labute approximate surface area is 198 Å². The fourth-order valence-electron chi connectivity index (χ4n) is 4.38. The average molecular weight is 467 g/mol. The molecule has 2 unspecified atom stereocenters. The predicted molar refractivity (Wildman–Crippen MR) is 128 cm³/mol. The van der Waals surface area contributed by atoms with Crippen LogP contribution in [0.15, 0.2) is 46.9 Å². The minimum atomic E-state index is -0.919. The largest absolute Gasteiger partial charge is 0.465 e. The molecule has 0 N–H and O–H groups in total. The number of rotatable bonds is 6. The van der Waals surface area contributed by atoms with E-state index in [2.05, 4.69) is 0 Å². The van der Waals surface area contributed by atoms with E-state index in [1.807, 2.05) is 19.9 Å². The van der Waals surface area contributed by atoms with E-state index in [0.717, 1.165) is 0 Å². The van der Waals surface area contributed by atoms with Crippen LogP contribution in [0.2, 0.25) is 0 Å². The Morgan fingerprint density at radius 1 is 0.941 bits per heavy atom. The minimum absolute atomic E-state index is 0.00669. The lowest BCUT2D eigenvalue weighted by Crippen LogP contribution is -2.45. The van der Waals surface area contributed by atoms with E-state index in [-0.39, 0.29) is 30.6 Å². The first-order valence-corrected chi connectivity index (χ1v) is 11.3. The van der Waals surface area contributed by atoms with Gasteiger partial charge in [0.1, 0.15) is 11.5 Å². The Kier molecular flexibility index (Phi) is 7.39. The first kappa shape index (κ1) is 25.0. The highest BCUT2D eigenvalue weighted by molar-refractivity contribution is 6.09. The number of carbonyl (C=O) groups excluding carboxylic acids is 3. The van der Waals surface area contributed by atoms with E-state index in [4.69, 9.17) is 9.47 Å². The van der Waals surface area contributed by atoms with E-state index in [9.17, 15) is 19.2 Å². The third kappa shape index (κ3) is 4.53. The van der Waals surface area contributed by atoms with Crippen molar-refractivity contribution in [2.24, 2.45) is 11.8 Å². The van der Waals surface area contributed by atoms with Crippen molar-refractivity contribution in [2.75, 3.05) is 18.1 Å². The van der Waals surface area contributed by atoms with Crippen LogP contribution >= 0.6 is 0 Å². The summed E-state index contributed by atoms with van der Waals surface area (Å²) in [7, 11) is 0. The molecule has 1 aromatic heterocycles. The van der Waals surface area contributed by atoms with Crippen molar-refractivity contribution in [1.29, 1.82) is 0 Å². The lowest BCUT2D eigenvalue weighted by Gasteiger charge is -2.34. The number of anilines is 1. The SMILES string of the molecule is CCOC(=O)c1c(C)cc(C)n(-c2ccc(N3C(=O)C(C(=O)OCC)C(C)C=C3C)cc2)c1=O. The molecule has 0 bridgehead atoms. The summed E-state index contributed by atoms with van der Waals surface area (Å²) in [6, 6.07) is 8.57. The van der Waals surface area contributed by atoms with Crippen molar-refractivity contribution in [2.45, 2.75) is 41.5 Å². The van der Waals surface area contributed by atoms with Gasteiger partial charge in [-0.15, -0.1) is 0 Å². The van der Waals surface area contributed by atoms with Gasteiger partial charge in [-0.25, -0.2) is 4.79 Å². The summed E-state index contributed by atoms with van der Waals surface area (Å²) >= 11 is 0. The van der Waals surface area contributed by atoms with Crippen molar-refractivity contribution >= 4 is 23.5 Å². The summed E-state index contributed by atoms with van der Waals surface area (Å²) in [6.07, 6.45) is 1.87. The van der Waals surface area contributed by atoms with Gasteiger partial charge in [0.15, 0.2) is 0 Å². The summed E-state index contributed by atoms with van der Waals surface area (Å²) in [5, 5.41) is 0. The Morgan fingerprint density at radius 2 is 1.53 bits per heavy atom. The Hall–Kier alpha value is -3.68. The van der Waals surface area contributed by atoms with Gasteiger partial charge in [-0.1, -0.05) is 13.0 Å². The summed E-state index contributed by atoms with van der Waals surface area (Å²) in [6.45, 7) is 10.9. The molecule has 1 amide bonds. The highest BCUT2D eigenvalue weighted by Gasteiger charge is 2.40. The van der Waals surface area contributed by atoms with Crippen LogP contribution in [-0.2, 0) is 19.1 Å². The molecule has 1 aliphatic heterocycles. The standard InChI is InChI=1S/C26H30N2O6/c1-7-33-25(31)21-15(3)13-17(5)27(23(21)29)19-9-11-20(12-10-19)28-18(6)14-16(4)22(24(28)30)26(32)34-8-2/h9-15,21H,7-8H2,1-6H3. The van der Waals surface area contributed by atoms with E-state index in [0.29, 0.717) is 28.3 Å². The number of allylic oxidation sites excluding steroid dienone is 2. The van der Waals surface area contributed by atoms with Gasteiger partial charge in [0.2, 0.25) is 5.91 Å². The quantitative estimate of drug-likeness (QED) is 0.476. The number of aryl methyl sites for hydroxylation is 2. The predicted octanol–water partition coefficient (Wildman–Crippen LogP) is 3.70. The second-order valence-corrected chi connectivity index (χ2v) is 8.29. The van der Waals surface area contributed by atoms with Crippen LogP contribution in [0, 0.1) is 25.7 Å². The summed E-state index contributed by atoms with van der Waals surface area (Å²) in [5.74, 6) is -2.76. The van der Waals surface area contributed by atoms with E-state index >= 15 is 0 Å². The molecule has 180 valence electrons. The van der Waals surface area contributed by atoms with Crippen molar-refractivity contribution in [3.63, 3.8) is 0 Å². The molecule has 0 saturated heterocycles. The number of hydrogen-bond acceptors (Lipinski definition) is 6. The van der Waals surface area contributed by atoms with Crippen molar-refractivity contribution < 1.29 is 23.9 Å². The first-order valence-electron chi connectivity index (χ1n) is 11.3. The number of pyridine rings is 1. The lowest BCUT2D eigenvalue weighted by atomic mass is 9.88. The summed E-state index contributed by atoms with van der Waals surface area (Å²) in [4.78, 5) is 52.6. The highest BCUT2D eigenvalue weighted by atomic mass is 16.5. The zero-order chi connectivity index (χ0) is 25.2. The van der Waals surface area contributed by atoms with Crippen molar-refractivity contribution in [1.82, 2.24) is 4.57 Å². The normalized spacial score (nSPS) is 17.9. The van der Waals surface area contributed by atoms with Gasteiger partial charge in [-0.3, -0.25) is 23.9 Å². The van der Waals surface area contributed by atoms with Crippen LogP contribution in [0.3, 0.4) is 0 Å². The molecular formula is C26H30N2O6. The highest BCUT2D eigenvalue weighted by Crippen LogP contribution is 2.32. The van der Waals surface area contributed by atoms with Gasteiger partial charge < -0.3 is 9.47 Å². The lowest BCUT2D eigenvalue weighted by molar-refractivity contribution is -0.153. The number of amides is 1. The maximum Gasteiger partial charge on any atom is 0.344 e. The number of aromatic nitrogens is 1. The van der Waals surface area contributed by atoms with E-state index in [1.165, 1.54) is 9.47 Å². The zero-order valence-corrected chi connectivity index (χ0v) is 20.4. The summed E-state index contributed by atoms with van der Waals surface area (Å²) in [5.41, 5.74) is 2.54. The van der Waals surface area contributed by atoms with Crippen LogP contribution in [0.1, 0.15) is 49.3 Å². The zero-order valence-electron chi connectivity index (χ0n) is 20.4. The van der Waals surface area contributed by atoms with Gasteiger partial charge in [0.05, 0.1) is 13.2 Å². The maximum absolute atomic E-state index is 13.2. The molecule has 0 fully saturated rings. The van der Waals surface area contributed by atoms with Crippen LogP contribution in [0.25, 0.3) is 5.69 Å². The molecule has 8 nitrogen and oxygen atoms in total. The number of ether oxygens (including phenoxy) is 2. The Morgan fingerprint density at radius 3 is 2.12 bits per heavy atom. The molecule has 0 radical (unpaired) electrons. The smallest absolute Gasteiger partial charge is 0.344 e. The van der Waals surface area contributed by atoms with Gasteiger partial charge >= 0.3 is 11.9 Å². The number of hydrogen-bond donors (Lipinski definition) is 0. The third-order valence-corrected chi connectivity index (χ3v) is 5.84. The molecule has 34 heavy (non-hydrogen) atoms. The Bertz CT molecular complexity index is 1210. The first-order chi connectivity index (χ1) is 16.1. The fourth-order valence-corrected chi connectivity index (χ4v) is 4.38. The van der Waals surface area contributed by atoms with E-state index < -0.39 is 23.4 Å². The van der Waals surface area contributed by atoms with Crippen LogP contribution in [-0.4, -0.2) is 35.6 Å². The number of carbonyl (C=O) groups is 3. The molecule has 2 aromatic rings.